The van der Waals surface area contributed by atoms with Crippen LogP contribution in [0, 0.1) is 3.57 Å². The standard InChI is InChI=1S/C12H11ClIN3/c13-8-1-4-11(10(14)7-8)17-6-5-15-12(17)16-9-2-3-9/h1,4-7,9H,2-3H2,(H,15,16). The molecule has 1 aromatic carbocycles. The van der Waals surface area contributed by atoms with Gasteiger partial charge in [-0.05, 0) is 53.6 Å². The third kappa shape index (κ3) is 2.42. The van der Waals surface area contributed by atoms with E-state index in [1.807, 2.05) is 30.6 Å². The molecule has 0 radical (unpaired) electrons. The quantitative estimate of drug-likeness (QED) is 0.847. The van der Waals surface area contributed by atoms with Crippen LogP contribution in [0.15, 0.2) is 30.6 Å². The van der Waals surface area contributed by atoms with Crippen molar-refractivity contribution in [2.75, 3.05) is 5.32 Å². The van der Waals surface area contributed by atoms with Crippen LogP contribution in [0.4, 0.5) is 5.95 Å². The molecule has 0 spiro atoms. The van der Waals surface area contributed by atoms with E-state index in [1.54, 1.807) is 0 Å². The molecule has 1 aromatic heterocycles. The van der Waals surface area contributed by atoms with E-state index in [0.717, 1.165) is 20.2 Å². The Morgan fingerprint density at radius 2 is 2.24 bits per heavy atom. The van der Waals surface area contributed by atoms with E-state index >= 15 is 0 Å². The van der Waals surface area contributed by atoms with E-state index < -0.39 is 0 Å². The van der Waals surface area contributed by atoms with Gasteiger partial charge in [0, 0.05) is 27.0 Å². The molecule has 2 aromatic rings. The Morgan fingerprint density at radius 3 is 2.94 bits per heavy atom. The fraction of sp³-hybridized carbons (Fsp3) is 0.250. The zero-order valence-corrected chi connectivity index (χ0v) is 11.9. The molecule has 5 heteroatoms. The SMILES string of the molecule is Clc1ccc(-n2ccnc2NC2CC2)c(I)c1. The lowest BCUT2D eigenvalue weighted by Gasteiger charge is -2.11. The van der Waals surface area contributed by atoms with Gasteiger partial charge in [0.1, 0.15) is 0 Å². The lowest BCUT2D eigenvalue weighted by Crippen LogP contribution is -2.08. The smallest absolute Gasteiger partial charge is 0.207 e. The van der Waals surface area contributed by atoms with Crippen LogP contribution in [-0.2, 0) is 0 Å². The zero-order chi connectivity index (χ0) is 11.8. The van der Waals surface area contributed by atoms with Crippen LogP contribution in [0.2, 0.25) is 5.02 Å². The minimum atomic E-state index is 0.598. The van der Waals surface area contributed by atoms with Crippen LogP contribution in [-0.4, -0.2) is 15.6 Å². The van der Waals surface area contributed by atoms with Gasteiger partial charge in [-0.3, -0.25) is 4.57 Å². The molecule has 1 heterocycles. The van der Waals surface area contributed by atoms with Crippen LogP contribution in [0.5, 0.6) is 0 Å². The van der Waals surface area contributed by atoms with E-state index in [0.29, 0.717) is 6.04 Å². The fourth-order valence-corrected chi connectivity index (χ4v) is 2.82. The molecule has 17 heavy (non-hydrogen) atoms. The summed E-state index contributed by atoms with van der Waals surface area (Å²) in [7, 11) is 0. The second-order valence-electron chi connectivity index (χ2n) is 4.14. The topological polar surface area (TPSA) is 29.9 Å². The summed E-state index contributed by atoms with van der Waals surface area (Å²) in [6, 6.07) is 6.48. The molecule has 0 unspecified atom stereocenters. The number of anilines is 1. The average molecular weight is 360 g/mol. The van der Waals surface area contributed by atoms with Gasteiger partial charge in [-0.25, -0.2) is 4.98 Å². The molecule has 0 atom stereocenters. The molecule has 1 aliphatic carbocycles. The maximum Gasteiger partial charge on any atom is 0.207 e. The highest BCUT2D eigenvalue weighted by Gasteiger charge is 2.23. The van der Waals surface area contributed by atoms with Crippen molar-refractivity contribution in [2.45, 2.75) is 18.9 Å². The first kappa shape index (κ1) is 11.3. The number of halogens is 2. The summed E-state index contributed by atoms with van der Waals surface area (Å²) in [6.07, 6.45) is 6.26. The van der Waals surface area contributed by atoms with Crippen LogP contribution in [0.25, 0.3) is 5.69 Å². The number of aromatic nitrogens is 2. The highest BCUT2D eigenvalue weighted by molar-refractivity contribution is 14.1. The molecule has 0 aliphatic heterocycles. The normalized spacial score (nSPS) is 14.9. The van der Waals surface area contributed by atoms with Crippen molar-refractivity contribution in [3.05, 3.63) is 39.2 Å². The van der Waals surface area contributed by atoms with Gasteiger partial charge in [-0.1, -0.05) is 11.6 Å². The molecule has 0 amide bonds. The Morgan fingerprint density at radius 1 is 1.41 bits per heavy atom. The number of hydrogen-bond acceptors (Lipinski definition) is 2. The molecule has 1 aliphatic rings. The lowest BCUT2D eigenvalue weighted by molar-refractivity contribution is 0.998. The zero-order valence-electron chi connectivity index (χ0n) is 9.03. The van der Waals surface area contributed by atoms with Gasteiger partial charge in [0.15, 0.2) is 0 Å². The molecule has 0 saturated heterocycles. The van der Waals surface area contributed by atoms with Gasteiger partial charge in [0.25, 0.3) is 0 Å². The molecule has 1 fully saturated rings. The molecular formula is C12H11ClIN3. The Kier molecular flexibility index (Phi) is 3.00. The van der Waals surface area contributed by atoms with Gasteiger partial charge >= 0.3 is 0 Å². The summed E-state index contributed by atoms with van der Waals surface area (Å²) in [5.41, 5.74) is 1.11. The Hall–Kier alpha value is -0.750. The molecule has 0 bridgehead atoms. The van der Waals surface area contributed by atoms with Gasteiger partial charge in [0.2, 0.25) is 5.95 Å². The second-order valence-corrected chi connectivity index (χ2v) is 5.73. The van der Waals surface area contributed by atoms with Crippen molar-refractivity contribution in [3.63, 3.8) is 0 Å². The summed E-state index contributed by atoms with van der Waals surface area (Å²) in [4.78, 5) is 4.35. The number of hydrogen-bond donors (Lipinski definition) is 1. The summed E-state index contributed by atoms with van der Waals surface area (Å²) in [5, 5.41) is 4.18. The van der Waals surface area contributed by atoms with Crippen LogP contribution in [0.1, 0.15) is 12.8 Å². The molecular weight excluding hydrogens is 349 g/mol. The van der Waals surface area contributed by atoms with Crippen molar-refractivity contribution in [1.82, 2.24) is 9.55 Å². The molecule has 1 saturated carbocycles. The predicted molar refractivity (Wildman–Crippen MR) is 77.9 cm³/mol. The molecule has 3 nitrogen and oxygen atoms in total. The maximum atomic E-state index is 5.97. The predicted octanol–water partition coefficient (Wildman–Crippen LogP) is 3.70. The maximum absolute atomic E-state index is 5.97. The average Bonchev–Trinajstić information content (AvgIpc) is 2.97. The minimum absolute atomic E-state index is 0.598. The Bertz CT molecular complexity index is 548. The van der Waals surface area contributed by atoms with Crippen LogP contribution >= 0.6 is 34.2 Å². The number of nitrogens with one attached hydrogen (secondary N) is 1. The van der Waals surface area contributed by atoms with Crippen molar-refractivity contribution in [3.8, 4) is 5.69 Å². The third-order valence-electron chi connectivity index (χ3n) is 2.72. The number of benzene rings is 1. The minimum Gasteiger partial charge on any atom is -0.353 e. The van der Waals surface area contributed by atoms with Gasteiger partial charge in [-0.2, -0.15) is 0 Å². The molecule has 3 rings (SSSR count). The first-order valence-electron chi connectivity index (χ1n) is 5.49. The lowest BCUT2D eigenvalue weighted by atomic mass is 10.3. The van der Waals surface area contributed by atoms with E-state index in [4.69, 9.17) is 11.6 Å². The molecule has 1 N–H and O–H groups in total. The summed E-state index contributed by atoms with van der Waals surface area (Å²) in [6.45, 7) is 0. The second kappa shape index (κ2) is 4.49. The fourth-order valence-electron chi connectivity index (χ4n) is 1.69. The monoisotopic (exact) mass is 359 g/mol. The van der Waals surface area contributed by atoms with Crippen molar-refractivity contribution >= 4 is 40.1 Å². The van der Waals surface area contributed by atoms with Crippen molar-refractivity contribution in [2.24, 2.45) is 0 Å². The summed E-state index contributed by atoms with van der Waals surface area (Å²) < 4.78 is 3.18. The number of imidazole rings is 1. The summed E-state index contributed by atoms with van der Waals surface area (Å²) >= 11 is 8.26. The van der Waals surface area contributed by atoms with E-state index in [9.17, 15) is 0 Å². The van der Waals surface area contributed by atoms with Crippen molar-refractivity contribution in [1.29, 1.82) is 0 Å². The van der Waals surface area contributed by atoms with E-state index in [2.05, 4.69) is 37.5 Å². The highest BCUT2D eigenvalue weighted by Crippen LogP contribution is 2.27. The first-order chi connectivity index (χ1) is 8.24. The van der Waals surface area contributed by atoms with E-state index in [-0.39, 0.29) is 0 Å². The van der Waals surface area contributed by atoms with Gasteiger partial charge in [0.05, 0.1) is 5.69 Å². The molecule has 88 valence electrons. The largest absolute Gasteiger partial charge is 0.353 e. The van der Waals surface area contributed by atoms with E-state index in [1.165, 1.54) is 12.8 Å². The Balaban J connectivity index is 1.99. The summed E-state index contributed by atoms with van der Waals surface area (Å²) in [5.74, 6) is 0.910. The van der Waals surface area contributed by atoms with Gasteiger partial charge in [-0.15, -0.1) is 0 Å². The van der Waals surface area contributed by atoms with Crippen molar-refractivity contribution < 1.29 is 0 Å². The highest BCUT2D eigenvalue weighted by atomic mass is 127. The third-order valence-corrected chi connectivity index (χ3v) is 3.82. The van der Waals surface area contributed by atoms with Crippen LogP contribution < -0.4 is 5.32 Å². The van der Waals surface area contributed by atoms with Crippen LogP contribution in [0.3, 0.4) is 0 Å². The first-order valence-corrected chi connectivity index (χ1v) is 6.95. The number of nitrogens with zero attached hydrogens (tertiary/aromatic N) is 2. The Labute approximate surface area is 118 Å². The van der Waals surface area contributed by atoms with Gasteiger partial charge < -0.3 is 5.32 Å². The number of rotatable bonds is 3.